The predicted octanol–water partition coefficient (Wildman–Crippen LogP) is 4.38. The molecule has 0 spiro atoms. The number of hydrogen-bond donors (Lipinski definition) is 0. The van der Waals surface area contributed by atoms with Crippen LogP contribution in [0.3, 0.4) is 0 Å². The Kier molecular flexibility index (Phi) is 5.16. The van der Waals surface area contributed by atoms with E-state index in [1.807, 2.05) is 6.92 Å². The molecule has 0 N–H and O–H groups in total. The van der Waals surface area contributed by atoms with Crippen LogP contribution in [0.1, 0.15) is 21.5 Å². The quantitative estimate of drug-likeness (QED) is 0.345. The number of hydrogen-bond acceptors (Lipinski definition) is 5. The summed E-state index contributed by atoms with van der Waals surface area (Å²) in [6.45, 7) is 1.74. The summed E-state index contributed by atoms with van der Waals surface area (Å²) in [6.07, 6.45) is 1.57. The third-order valence-corrected chi connectivity index (χ3v) is 6.85. The Morgan fingerprint density at radius 3 is 2.26 bits per heavy atom. The fourth-order valence-electron chi connectivity index (χ4n) is 3.42. The molecule has 0 unspecified atom stereocenters. The van der Waals surface area contributed by atoms with Gasteiger partial charge in [-0.2, -0.15) is 0 Å². The van der Waals surface area contributed by atoms with Crippen LogP contribution in [0.25, 0.3) is 6.08 Å². The maximum atomic E-state index is 13.4. The predicted molar refractivity (Wildman–Crippen MR) is 118 cm³/mol. The molecule has 1 heterocycles. The Balaban J connectivity index is 1.80. The number of carbonyl (C=O) groups is 1. The van der Waals surface area contributed by atoms with Crippen molar-refractivity contribution in [3.8, 4) is 0 Å². The Morgan fingerprint density at radius 1 is 0.968 bits per heavy atom. The van der Waals surface area contributed by atoms with E-state index >= 15 is 0 Å². The van der Waals surface area contributed by atoms with E-state index < -0.39 is 14.9 Å². The summed E-state index contributed by atoms with van der Waals surface area (Å²) < 4.78 is 28.0. The summed E-state index contributed by atoms with van der Waals surface area (Å²) in [5.41, 5.74) is 2.34. The van der Waals surface area contributed by atoms with Crippen LogP contribution in [0.4, 0.5) is 11.4 Å². The van der Waals surface area contributed by atoms with Crippen LogP contribution < -0.4 is 4.31 Å². The summed E-state index contributed by atoms with van der Waals surface area (Å²) >= 11 is 0. The third-order valence-electron chi connectivity index (χ3n) is 5.08. The van der Waals surface area contributed by atoms with Gasteiger partial charge in [-0.15, -0.1) is 0 Å². The van der Waals surface area contributed by atoms with E-state index in [1.54, 1.807) is 54.6 Å². The Labute approximate surface area is 179 Å². The summed E-state index contributed by atoms with van der Waals surface area (Å²) in [7, 11) is -3.91. The van der Waals surface area contributed by atoms with E-state index in [2.05, 4.69) is 0 Å². The second-order valence-electron chi connectivity index (χ2n) is 7.19. The van der Waals surface area contributed by atoms with Crippen molar-refractivity contribution in [1.82, 2.24) is 0 Å². The van der Waals surface area contributed by atoms with Gasteiger partial charge < -0.3 is 0 Å². The first-order valence-corrected chi connectivity index (χ1v) is 10.9. The van der Waals surface area contributed by atoms with Crippen molar-refractivity contribution in [2.45, 2.75) is 11.8 Å². The Hall–Kier alpha value is -3.78. The van der Waals surface area contributed by atoms with Crippen molar-refractivity contribution in [3.05, 3.63) is 105 Å². The van der Waals surface area contributed by atoms with E-state index in [-0.39, 0.29) is 34.0 Å². The molecule has 7 nitrogen and oxygen atoms in total. The molecule has 0 aliphatic carbocycles. The van der Waals surface area contributed by atoms with Crippen LogP contribution in [0.5, 0.6) is 0 Å². The first-order chi connectivity index (χ1) is 14.8. The average molecular weight is 434 g/mol. The van der Waals surface area contributed by atoms with Crippen LogP contribution in [-0.2, 0) is 10.0 Å². The van der Waals surface area contributed by atoms with E-state index in [4.69, 9.17) is 0 Å². The zero-order valence-corrected chi connectivity index (χ0v) is 17.4. The van der Waals surface area contributed by atoms with Crippen molar-refractivity contribution in [2.75, 3.05) is 10.8 Å². The summed E-state index contributed by atoms with van der Waals surface area (Å²) in [5.74, 6) is -0.274. The van der Waals surface area contributed by atoms with Gasteiger partial charge in [-0.05, 0) is 55.0 Å². The number of rotatable bonds is 4. The molecule has 3 aromatic carbocycles. The molecule has 0 fully saturated rings. The monoisotopic (exact) mass is 434 g/mol. The van der Waals surface area contributed by atoms with Gasteiger partial charge in [0.1, 0.15) is 0 Å². The van der Waals surface area contributed by atoms with E-state index in [1.165, 1.54) is 28.6 Å². The molecule has 31 heavy (non-hydrogen) atoms. The largest absolute Gasteiger partial charge is 0.289 e. The number of carbonyl (C=O) groups excluding carboxylic acids is 1. The van der Waals surface area contributed by atoms with Gasteiger partial charge in [-0.3, -0.25) is 19.2 Å². The molecular weight excluding hydrogens is 416 g/mol. The summed E-state index contributed by atoms with van der Waals surface area (Å²) in [6, 6.07) is 18.9. The molecule has 0 saturated heterocycles. The van der Waals surface area contributed by atoms with Crippen LogP contribution >= 0.6 is 0 Å². The number of ketones is 1. The minimum Gasteiger partial charge on any atom is -0.289 e. The van der Waals surface area contributed by atoms with Crippen LogP contribution in [0, 0.1) is 17.0 Å². The molecule has 0 bridgehead atoms. The number of benzene rings is 3. The molecule has 0 radical (unpaired) electrons. The van der Waals surface area contributed by atoms with Crippen molar-refractivity contribution in [3.63, 3.8) is 0 Å². The number of Topliss-reactive ketones (excluding diaryl/α,β-unsaturated/α-hetero) is 1. The van der Waals surface area contributed by atoms with Gasteiger partial charge in [-0.25, -0.2) is 8.42 Å². The standard InChI is InChI=1S/C23H18N2O5S/c1-16-6-12-20(13-7-16)31(29,30)24-15-18(23(26)21-4-2-3-5-22(21)24)14-17-8-10-19(11-9-17)25(27)28/h2-14H,15H2,1H3/b18-14-. The Bertz CT molecular complexity index is 1310. The molecule has 0 amide bonds. The van der Waals surface area contributed by atoms with Gasteiger partial charge in [0, 0.05) is 23.3 Å². The first-order valence-electron chi connectivity index (χ1n) is 9.45. The second-order valence-corrected chi connectivity index (χ2v) is 9.05. The molecule has 8 heteroatoms. The summed E-state index contributed by atoms with van der Waals surface area (Å²) in [5, 5.41) is 10.9. The normalized spacial score (nSPS) is 15.1. The first kappa shape index (κ1) is 20.5. The van der Waals surface area contributed by atoms with E-state index in [0.29, 0.717) is 11.3 Å². The van der Waals surface area contributed by atoms with Crippen molar-refractivity contribution >= 4 is 33.3 Å². The molecule has 4 rings (SSSR count). The molecular formula is C23H18N2O5S. The third kappa shape index (κ3) is 3.85. The fraction of sp³-hybridized carbons (Fsp3) is 0.0870. The molecule has 1 aliphatic heterocycles. The molecule has 0 aromatic heterocycles. The lowest BCUT2D eigenvalue weighted by molar-refractivity contribution is -0.384. The topological polar surface area (TPSA) is 97.6 Å². The number of nitro groups is 1. The smallest absolute Gasteiger partial charge is 0.269 e. The molecule has 0 atom stereocenters. The van der Waals surface area contributed by atoms with Gasteiger partial charge in [0.25, 0.3) is 15.7 Å². The van der Waals surface area contributed by atoms with Crippen LogP contribution in [0.2, 0.25) is 0 Å². The Morgan fingerprint density at radius 2 is 1.61 bits per heavy atom. The number of non-ortho nitro benzene ring substituents is 1. The lowest BCUT2D eigenvalue weighted by Crippen LogP contribution is -2.38. The minimum atomic E-state index is -3.91. The summed E-state index contributed by atoms with van der Waals surface area (Å²) in [4.78, 5) is 23.5. The van der Waals surface area contributed by atoms with Crippen LogP contribution in [-0.4, -0.2) is 25.7 Å². The lowest BCUT2D eigenvalue weighted by Gasteiger charge is -2.31. The van der Waals surface area contributed by atoms with Crippen LogP contribution in [0.15, 0.2) is 83.3 Å². The maximum Gasteiger partial charge on any atom is 0.269 e. The van der Waals surface area contributed by atoms with E-state index in [0.717, 1.165) is 5.56 Å². The molecule has 156 valence electrons. The van der Waals surface area contributed by atoms with Crippen molar-refractivity contribution in [2.24, 2.45) is 0 Å². The molecule has 1 aliphatic rings. The highest BCUT2D eigenvalue weighted by Gasteiger charge is 2.34. The number of anilines is 1. The highest BCUT2D eigenvalue weighted by molar-refractivity contribution is 7.92. The van der Waals surface area contributed by atoms with Gasteiger partial charge in [0.05, 0.1) is 22.1 Å². The molecule has 3 aromatic rings. The second kappa shape index (κ2) is 7.81. The number of nitrogens with zero attached hydrogens (tertiary/aromatic N) is 2. The number of fused-ring (bicyclic) bond motifs is 1. The van der Waals surface area contributed by atoms with Gasteiger partial charge >= 0.3 is 0 Å². The van der Waals surface area contributed by atoms with E-state index in [9.17, 15) is 23.3 Å². The number of nitro benzene ring substituents is 1. The maximum absolute atomic E-state index is 13.4. The number of aryl methyl sites for hydroxylation is 1. The number of sulfonamides is 1. The minimum absolute atomic E-state index is 0.0639. The highest BCUT2D eigenvalue weighted by atomic mass is 32.2. The average Bonchev–Trinajstić information content (AvgIpc) is 2.76. The zero-order valence-electron chi connectivity index (χ0n) is 16.6. The van der Waals surface area contributed by atoms with Crippen molar-refractivity contribution < 1.29 is 18.1 Å². The van der Waals surface area contributed by atoms with Gasteiger partial charge in [0.15, 0.2) is 5.78 Å². The SMILES string of the molecule is Cc1ccc(S(=O)(=O)N2C/C(=C/c3ccc([N+](=O)[O-])cc3)C(=O)c3ccccc32)cc1. The van der Waals surface area contributed by atoms with Crippen molar-refractivity contribution in [1.29, 1.82) is 0 Å². The van der Waals surface area contributed by atoms with Gasteiger partial charge in [-0.1, -0.05) is 29.8 Å². The fourth-order valence-corrected chi connectivity index (χ4v) is 4.89. The molecule has 0 saturated carbocycles. The number of para-hydroxylation sites is 1. The van der Waals surface area contributed by atoms with Gasteiger partial charge in [0.2, 0.25) is 0 Å². The zero-order chi connectivity index (χ0) is 22.2. The lowest BCUT2D eigenvalue weighted by atomic mass is 9.96. The highest BCUT2D eigenvalue weighted by Crippen LogP contribution is 2.34.